The quantitative estimate of drug-likeness (QED) is 0.919. The summed E-state index contributed by atoms with van der Waals surface area (Å²) in [6, 6.07) is 10.3. The van der Waals surface area contributed by atoms with Crippen molar-refractivity contribution in [2.75, 3.05) is 16.8 Å². The van der Waals surface area contributed by atoms with Crippen molar-refractivity contribution in [2.45, 2.75) is 26.3 Å². The molecule has 1 aliphatic rings. The second-order valence-electron chi connectivity index (χ2n) is 5.41. The number of anilines is 2. The molecule has 0 unspecified atom stereocenters. The lowest BCUT2D eigenvalue weighted by Crippen LogP contribution is -2.17. The monoisotopic (exact) mass is 287 g/mol. The van der Waals surface area contributed by atoms with Gasteiger partial charge in [-0.2, -0.15) is 11.8 Å². The third kappa shape index (κ3) is 3.37. The Labute approximate surface area is 124 Å². The van der Waals surface area contributed by atoms with Gasteiger partial charge in [0.05, 0.1) is 5.69 Å². The van der Waals surface area contributed by atoms with E-state index in [1.807, 2.05) is 18.2 Å². The van der Waals surface area contributed by atoms with Crippen LogP contribution in [0.1, 0.15) is 18.5 Å². The van der Waals surface area contributed by atoms with Crippen LogP contribution in [0.4, 0.5) is 11.6 Å². The molecule has 1 saturated heterocycles. The lowest BCUT2D eigenvalue weighted by molar-refractivity contribution is 0.419. The molecule has 3 nitrogen and oxygen atoms in total. The van der Waals surface area contributed by atoms with Crippen molar-refractivity contribution in [1.82, 2.24) is 9.55 Å². The van der Waals surface area contributed by atoms with Crippen LogP contribution in [0, 0.1) is 12.8 Å². The Morgan fingerprint density at radius 1 is 1.25 bits per heavy atom. The molecule has 20 heavy (non-hydrogen) atoms. The Morgan fingerprint density at radius 2 is 2.00 bits per heavy atom. The predicted molar refractivity (Wildman–Crippen MR) is 86.7 cm³/mol. The second kappa shape index (κ2) is 6.35. The fourth-order valence-corrected chi connectivity index (χ4v) is 3.85. The summed E-state index contributed by atoms with van der Waals surface area (Å²) in [6.45, 7) is 3.14. The van der Waals surface area contributed by atoms with E-state index < -0.39 is 0 Å². The summed E-state index contributed by atoms with van der Waals surface area (Å²) in [7, 11) is 0. The van der Waals surface area contributed by atoms with Gasteiger partial charge in [-0.25, -0.2) is 4.98 Å². The first-order valence-electron chi connectivity index (χ1n) is 7.25. The fourth-order valence-electron chi connectivity index (χ4n) is 2.64. The Hall–Kier alpha value is -1.42. The Morgan fingerprint density at radius 3 is 2.75 bits per heavy atom. The van der Waals surface area contributed by atoms with E-state index >= 15 is 0 Å². The highest BCUT2D eigenvalue weighted by atomic mass is 32.2. The zero-order valence-electron chi connectivity index (χ0n) is 11.9. The van der Waals surface area contributed by atoms with Crippen molar-refractivity contribution in [2.24, 2.45) is 5.92 Å². The van der Waals surface area contributed by atoms with E-state index in [1.165, 1.54) is 24.3 Å². The number of rotatable bonds is 4. The molecule has 1 aliphatic heterocycles. The summed E-state index contributed by atoms with van der Waals surface area (Å²) in [5, 5.41) is 3.43. The predicted octanol–water partition coefficient (Wildman–Crippen LogP) is 4.08. The average Bonchev–Trinajstić information content (AvgIpc) is 2.81. The fraction of sp³-hybridized carbons (Fsp3) is 0.438. The summed E-state index contributed by atoms with van der Waals surface area (Å²) in [6.07, 6.45) is 4.81. The van der Waals surface area contributed by atoms with Crippen LogP contribution in [0.25, 0.3) is 0 Å². The third-order valence-electron chi connectivity index (χ3n) is 3.72. The number of hydrogen-bond acceptors (Lipinski definition) is 3. The first-order chi connectivity index (χ1) is 9.81. The molecule has 1 fully saturated rings. The number of nitrogens with one attached hydrogen (secondary N) is 1. The molecule has 0 spiro atoms. The maximum Gasteiger partial charge on any atom is 0.207 e. The third-order valence-corrected chi connectivity index (χ3v) is 4.77. The topological polar surface area (TPSA) is 29.9 Å². The van der Waals surface area contributed by atoms with Gasteiger partial charge in [0.2, 0.25) is 5.95 Å². The summed E-state index contributed by atoms with van der Waals surface area (Å²) in [5.41, 5.74) is 2.17. The van der Waals surface area contributed by atoms with Crippen molar-refractivity contribution in [1.29, 1.82) is 0 Å². The normalized spacial score (nSPS) is 16.2. The van der Waals surface area contributed by atoms with Crippen LogP contribution >= 0.6 is 11.8 Å². The number of imidazole rings is 1. The van der Waals surface area contributed by atoms with Crippen LogP contribution in [0.3, 0.4) is 0 Å². The zero-order valence-corrected chi connectivity index (χ0v) is 12.7. The number of aryl methyl sites for hydroxylation is 1. The van der Waals surface area contributed by atoms with Crippen LogP contribution in [0.15, 0.2) is 36.5 Å². The second-order valence-corrected chi connectivity index (χ2v) is 6.63. The lowest BCUT2D eigenvalue weighted by atomic mass is 10.0. The molecule has 106 valence electrons. The zero-order chi connectivity index (χ0) is 13.8. The Kier molecular flexibility index (Phi) is 4.31. The Bertz CT molecular complexity index is 544. The highest BCUT2D eigenvalue weighted by Gasteiger charge is 2.16. The van der Waals surface area contributed by atoms with E-state index in [4.69, 9.17) is 0 Å². The SMILES string of the molecule is Cc1cn(CC2CCSCC2)c(Nc2ccccc2)n1. The molecular formula is C16H21N3S. The number of thioether (sulfide) groups is 1. The summed E-state index contributed by atoms with van der Waals surface area (Å²) < 4.78 is 2.28. The van der Waals surface area contributed by atoms with E-state index in [1.54, 1.807) is 0 Å². The van der Waals surface area contributed by atoms with Gasteiger partial charge in [0.25, 0.3) is 0 Å². The first kappa shape index (κ1) is 13.6. The standard InChI is InChI=1S/C16H21N3S/c1-13-11-19(12-14-7-9-20-10-8-14)16(17-13)18-15-5-3-2-4-6-15/h2-6,11,14H,7-10,12H2,1H3,(H,17,18). The lowest BCUT2D eigenvalue weighted by Gasteiger charge is -2.22. The largest absolute Gasteiger partial charge is 0.326 e. The molecule has 0 aliphatic carbocycles. The Balaban J connectivity index is 1.73. The van der Waals surface area contributed by atoms with Gasteiger partial charge < -0.3 is 9.88 Å². The number of benzene rings is 1. The smallest absolute Gasteiger partial charge is 0.207 e. The molecule has 1 N–H and O–H groups in total. The van der Waals surface area contributed by atoms with E-state index in [0.717, 1.165) is 29.8 Å². The van der Waals surface area contributed by atoms with Crippen LogP contribution < -0.4 is 5.32 Å². The minimum Gasteiger partial charge on any atom is -0.326 e. The summed E-state index contributed by atoms with van der Waals surface area (Å²) >= 11 is 2.08. The van der Waals surface area contributed by atoms with Gasteiger partial charge in [-0.05, 0) is 49.3 Å². The molecule has 1 aromatic heterocycles. The molecular weight excluding hydrogens is 266 g/mol. The molecule has 0 atom stereocenters. The number of hydrogen-bond donors (Lipinski definition) is 1. The molecule has 0 radical (unpaired) electrons. The van der Waals surface area contributed by atoms with Gasteiger partial charge in [0, 0.05) is 18.4 Å². The van der Waals surface area contributed by atoms with E-state index in [9.17, 15) is 0 Å². The number of nitrogens with zero attached hydrogens (tertiary/aromatic N) is 2. The maximum absolute atomic E-state index is 4.62. The minimum absolute atomic E-state index is 0.793. The van der Waals surface area contributed by atoms with Gasteiger partial charge in [-0.3, -0.25) is 0 Å². The van der Waals surface area contributed by atoms with E-state index in [0.29, 0.717) is 0 Å². The molecule has 0 bridgehead atoms. The van der Waals surface area contributed by atoms with Crippen LogP contribution in [-0.2, 0) is 6.54 Å². The van der Waals surface area contributed by atoms with Gasteiger partial charge >= 0.3 is 0 Å². The molecule has 3 rings (SSSR count). The molecule has 2 aromatic rings. The molecule has 2 heterocycles. The van der Waals surface area contributed by atoms with Crippen molar-refractivity contribution in [3.05, 3.63) is 42.2 Å². The van der Waals surface area contributed by atoms with Crippen LogP contribution in [0.2, 0.25) is 0 Å². The minimum atomic E-state index is 0.793. The van der Waals surface area contributed by atoms with Gasteiger partial charge in [0.15, 0.2) is 0 Å². The van der Waals surface area contributed by atoms with Crippen molar-refractivity contribution in [3.8, 4) is 0 Å². The highest BCUT2D eigenvalue weighted by Crippen LogP contribution is 2.26. The van der Waals surface area contributed by atoms with E-state index in [-0.39, 0.29) is 0 Å². The van der Waals surface area contributed by atoms with Gasteiger partial charge in [-0.15, -0.1) is 0 Å². The van der Waals surface area contributed by atoms with Crippen LogP contribution in [0.5, 0.6) is 0 Å². The van der Waals surface area contributed by atoms with Crippen molar-refractivity contribution in [3.63, 3.8) is 0 Å². The van der Waals surface area contributed by atoms with Crippen LogP contribution in [-0.4, -0.2) is 21.1 Å². The van der Waals surface area contributed by atoms with E-state index in [2.05, 4.69) is 51.9 Å². The highest BCUT2D eigenvalue weighted by molar-refractivity contribution is 7.99. The van der Waals surface area contributed by atoms with Crippen molar-refractivity contribution < 1.29 is 0 Å². The number of aromatic nitrogens is 2. The van der Waals surface area contributed by atoms with Gasteiger partial charge in [-0.1, -0.05) is 18.2 Å². The molecule has 0 saturated carbocycles. The first-order valence-corrected chi connectivity index (χ1v) is 8.40. The molecule has 4 heteroatoms. The summed E-state index contributed by atoms with van der Waals surface area (Å²) in [5.74, 6) is 4.37. The van der Waals surface area contributed by atoms with Crippen molar-refractivity contribution >= 4 is 23.4 Å². The maximum atomic E-state index is 4.62. The average molecular weight is 287 g/mol. The molecule has 0 amide bonds. The summed E-state index contributed by atoms with van der Waals surface area (Å²) in [4.78, 5) is 4.62. The van der Waals surface area contributed by atoms with Gasteiger partial charge in [0.1, 0.15) is 0 Å². The number of para-hydroxylation sites is 1. The molecule has 1 aromatic carbocycles.